The molecule has 1 aliphatic heterocycles. The van der Waals surface area contributed by atoms with Gasteiger partial charge in [-0.05, 0) is 24.3 Å². The summed E-state index contributed by atoms with van der Waals surface area (Å²) in [5, 5.41) is 2.29. The Kier molecular flexibility index (Phi) is 5.81. The van der Waals surface area contributed by atoms with Gasteiger partial charge < -0.3 is 10.2 Å². The van der Waals surface area contributed by atoms with Crippen LogP contribution in [-0.2, 0) is 11.0 Å². The molecule has 0 radical (unpaired) electrons. The first-order valence-electron chi connectivity index (χ1n) is 8.24. The first-order chi connectivity index (χ1) is 12.8. The van der Waals surface area contributed by atoms with Crippen LogP contribution in [0.15, 0.2) is 36.7 Å². The number of nitrogens with zero attached hydrogens (tertiary/aromatic N) is 4. The maximum Gasteiger partial charge on any atom is 0.418 e. The largest absolute Gasteiger partial charge is 0.418 e. The monoisotopic (exact) mass is 399 g/mol. The van der Waals surface area contributed by atoms with Crippen LogP contribution in [0.1, 0.15) is 5.56 Å². The van der Waals surface area contributed by atoms with Gasteiger partial charge in [-0.2, -0.15) is 13.2 Å². The first kappa shape index (κ1) is 19.4. The molecule has 10 heteroatoms. The number of rotatable bonds is 4. The molecule has 1 aliphatic rings. The van der Waals surface area contributed by atoms with E-state index < -0.39 is 17.6 Å². The minimum atomic E-state index is -4.60. The van der Waals surface area contributed by atoms with Crippen molar-refractivity contribution in [3.63, 3.8) is 0 Å². The summed E-state index contributed by atoms with van der Waals surface area (Å²) in [6.45, 7) is 2.43. The van der Waals surface area contributed by atoms with E-state index in [1.807, 2.05) is 9.80 Å². The predicted octanol–water partition coefficient (Wildman–Crippen LogP) is 2.91. The molecule has 1 fully saturated rings. The number of hydrogen-bond acceptors (Lipinski definition) is 5. The summed E-state index contributed by atoms with van der Waals surface area (Å²) in [7, 11) is 0. The molecule has 0 unspecified atom stereocenters. The van der Waals surface area contributed by atoms with Crippen LogP contribution in [0, 0.1) is 0 Å². The van der Waals surface area contributed by atoms with E-state index in [9.17, 15) is 18.0 Å². The van der Waals surface area contributed by atoms with Gasteiger partial charge >= 0.3 is 6.18 Å². The molecule has 27 heavy (non-hydrogen) atoms. The molecule has 2 heterocycles. The third kappa shape index (κ3) is 5.08. The summed E-state index contributed by atoms with van der Waals surface area (Å²) in [6.07, 6.45) is -1.28. The van der Waals surface area contributed by atoms with E-state index in [4.69, 9.17) is 11.6 Å². The van der Waals surface area contributed by atoms with Gasteiger partial charge in [-0.25, -0.2) is 9.97 Å². The maximum absolute atomic E-state index is 13.1. The number of alkyl halides is 3. The Morgan fingerprint density at radius 3 is 2.44 bits per heavy atom. The lowest BCUT2D eigenvalue weighted by atomic mass is 10.1. The fraction of sp³-hybridized carbons (Fsp3) is 0.353. The van der Waals surface area contributed by atoms with Crippen molar-refractivity contribution < 1.29 is 18.0 Å². The zero-order chi connectivity index (χ0) is 19.4. The van der Waals surface area contributed by atoms with Gasteiger partial charge in [-0.15, -0.1) is 0 Å². The SMILES string of the molecule is O=C(CN1CCN(c2ncccn2)CC1)Nc1ccc(Cl)cc1C(F)(F)F. The molecular formula is C17H17ClF3N5O. The van der Waals surface area contributed by atoms with Gasteiger partial charge in [0.25, 0.3) is 0 Å². The average molecular weight is 400 g/mol. The average Bonchev–Trinajstić information content (AvgIpc) is 2.64. The standard InChI is InChI=1S/C17H17ClF3N5O/c18-12-2-3-14(13(10-12)17(19,20)21)24-15(27)11-25-6-8-26(9-7-25)16-22-4-1-5-23-16/h1-5,10H,6-9,11H2,(H,24,27). The molecule has 1 amide bonds. The number of benzene rings is 1. The van der Waals surface area contributed by atoms with Gasteiger partial charge in [-0.1, -0.05) is 11.6 Å². The normalized spacial score (nSPS) is 15.6. The number of piperazine rings is 1. The van der Waals surface area contributed by atoms with Crippen molar-refractivity contribution in [2.75, 3.05) is 42.9 Å². The van der Waals surface area contributed by atoms with Crippen molar-refractivity contribution in [3.05, 3.63) is 47.2 Å². The van der Waals surface area contributed by atoms with E-state index in [2.05, 4.69) is 15.3 Å². The molecule has 1 aromatic carbocycles. The van der Waals surface area contributed by atoms with Gasteiger partial charge in [0.1, 0.15) is 0 Å². The van der Waals surface area contributed by atoms with Crippen LogP contribution in [0.2, 0.25) is 5.02 Å². The predicted molar refractivity (Wildman–Crippen MR) is 95.8 cm³/mol. The van der Waals surface area contributed by atoms with Crippen LogP contribution in [-0.4, -0.2) is 53.5 Å². The second-order valence-electron chi connectivity index (χ2n) is 6.05. The smallest absolute Gasteiger partial charge is 0.338 e. The highest BCUT2D eigenvalue weighted by Crippen LogP contribution is 2.36. The van der Waals surface area contributed by atoms with Crippen molar-refractivity contribution in [3.8, 4) is 0 Å². The van der Waals surface area contributed by atoms with Crippen LogP contribution in [0.3, 0.4) is 0 Å². The minimum Gasteiger partial charge on any atom is -0.338 e. The Morgan fingerprint density at radius 1 is 1.15 bits per heavy atom. The molecule has 144 valence electrons. The zero-order valence-electron chi connectivity index (χ0n) is 14.2. The maximum atomic E-state index is 13.1. The van der Waals surface area contributed by atoms with E-state index >= 15 is 0 Å². The highest BCUT2D eigenvalue weighted by Gasteiger charge is 2.34. The van der Waals surface area contributed by atoms with Gasteiger partial charge in [0.2, 0.25) is 11.9 Å². The third-order valence-corrected chi connectivity index (χ3v) is 4.37. The second-order valence-corrected chi connectivity index (χ2v) is 6.48. The van der Waals surface area contributed by atoms with E-state index in [-0.39, 0.29) is 17.3 Å². The summed E-state index contributed by atoms with van der Waals surface area (Å²) in [6, 6.07) is 5.00. The summed E-state index contributed by atoms with van der Waals surface area (Å²) < 4.78 is 39.3. The van der Waals surface area contributed by atoms with E-state index in [1.165, 1.54) is 6.07 Å². The van der Waals surface area contributed by atoms with Crippen molar-refractivity contribution >= 4 is 29.1 Å². The van der Waals surface area contributed by atoms with Crippen LogP contribution in [0.25, 0.3) is 0 Å². The van der Waals surface area contributed by atoms with Crippen molar-refractivity contribution in [1.29, 1.82) is 0 Å². The summed E-state index contributed by atoms with van der Waals surface area (Å²) in [5.74, 6) is 0.116. The minimum absolute atomic E-state index is 0.00338. The van der Waals surface area contributed by atoms with Gasteiger partial charge in [0, 0.05) is 43.6 Å². The van der Waals surface area contributed by atoms with Crippen molar-refractivity contribution in [2.45, 2.75) is 6.18 Å². The number of anilines is 2. The molecule has 0 atom stereocenters. The number of hydrogen-bond donors (Lipinski definition) is 1. The molecular weight excluding hydrogens is 383 g/mol. The molecule has 1 N–H and O–H groups in total. The lowest BCUT2D eigenvalue weighted by Gasteiger charge is -2.34. The summed E-state index contributed by atoms with van der Waals surface area (Å²) in [4.78, 5) is 24.4. The number of aromatic nitrogens is 2. The number of halogens is 4. The lowest BCUT2D eigenvalue weighted by molar-refractivity contribution is -0.137. The van der Waals surface area contributed by atoms with E-state index in [0.717, 1.165) is 12.1 Å². The Morgan fingerprint density at radius 2 is 1.81 bits per heavy atom. The quantitative estimate of drug-likeness (QED) is 0.856. The fourth-order valence-electron chi connectivity index (χ4n) is 2.81. The topological polar surface area (TPSA) is 61.4 Å². The molecule has 0 bridgehead atoms. The van der Waals surface area contributed by atoms with E-state index in [0.29, 0.717) is 32.1 Å². The number of carbonyl (C=O) groups excluding carboxylic acids is 1. The van der Waals surface area contributed by atoms with Crippen LogP contribution >= 0.6 is 11.6 Å². The van der Waals surface area contributed by atoms with Crippen molar-refractivity contribution in [1.82, 2.24) is 14.9 Å². The number of carbonyl (C=O) groups is 1. The highest BCUT2D eigenvalue weighted by atomic mass is 35.5. The van der Waals surface area contributed by atoms with E-state index in [1.54, 1.807) is 18.5 Å². The summed E-state index contributed by atoms with van der Waals surface area (Å²) in [5.41, 5.74) is -1.26. The summed E-state index contributed by atoms with van der Waals surface area (Å²) >= 11 is 5.64. The molecule has 0 aliphatic carbocycles. The Labute approximate surface area is 159 Å². The van der Waals surface area contributed by atoms with Crippen molar-refractivity contribution in [2.24, 2.45) is 0 Å². The van der Waals surface area contributed by atoms with Gasteiger partial charge in [0.15, 0.2) is 0 Å². The molecule has 3 rings (SSSR count). The zero-order valence-corrected chi connectivity index (χ0v) is 15.0. The third-order valence-electron chi connectivity index (χ3n) is 4.14. The highest BCUT2D eigenvalue weighted by molar-refractivity contribution is 6.30. The second kappa shape index (κ2) is 8.10. The number of amides is 1. The van der Waals surface area contributed by atoms with Crippen LogP contribution in [0.4, 0.5) is 24.8 Å². The van der Waals surface area contributed by atoms with Gasteiger partial charge in [-0.3, -0.25) is 9.69 Å². The fourth-order valence-corrected chi connectivity index (χ4v) is 2.99. The van der Waals surface area contributed by atoms with Crippen LogP contribution < -0.4 is 10.2 Å². The Balaban J connectivity index is 1.57. The molecule has 0 saturated carbocycles. The molecule has 1 aromatic heterocycles. The molecule has 1 saturated heterocycles. The lowest BCUT2D eigenvalue weighted by Crippen LogP contribution is -2.49. The Hall–Kier alpha value is -2.39. The van der Waals surface area contributed by atoms with Crippen LogP contribution in [0.5, 0.6) is 0 Å². The van der Waals surface area contributed by atoms with Gasteiger partial charge in [0.05, 0.1) is 17.8 Å². The number of nitrogens with one attached hydrogen (secondary N) is 1. The molecule has 2 aromatic rings. The first-order valence-corrected chi connectivity index (χ1v) is 8.61. The molecule has 6 nitrogen and oxygen atoms in total. The molecule has 0 spiro atoms. The Bertz CT molecular complexity index is 795.